The van der Waals surface area contributed by atoms with Crippen molar-refractivity contribution < 1.29 is 4.39 Å². The molecule has 0 spiro atoms. The van der Waals surface area contributed by atoms with Crippen molar-refractivity contribution >= 4 is 11.6 Å². The van der Waals surface area contributed by atoms with Gasteiger partial charge in [0.25, 0.3) is 0 Å². The van der Waals surface area contributed by atoms with E-state index in [9.17, 15) is 4.39 Å². The molecule has 1 aromatic carbocycles. The van der Waals surface area contributed by atoms with Crippen LogP contribution in [0.2, 0.25) is 5.02 Å². The molecule has 0 bridgehead atoms. The number of hydrogen-bond donors (Lipinski definition) is 1. The lowest BCUT2D eigenvalue weighted by Crippen LogP contribution is -2.62. The van der Waals surface area contributed by atoms with Crippen molar-refractivity contribution in [3.05, 3.63) is 34.6 Å². The van der Waals surface area contributed by atoms with Crippen LogP contribution in [0.5, 0.6) is 0 Å². The minimum atomic E-state index is -0.346. The molecule has 2 rings (SSSR count). The van der Waals surface area contributed by atoms with Crippen LogP contribution in [-0.4, -0.2) is 29.6 Å². The summed E-state index contributed by atoms with van der Waals surface area (Å²) in [5, 5.41) is 3.87. The molecule has 1 fully saturated rings. The number of hydrogen-bond acceptors (Lipinski definition) is 2. The van der Waals surface area contributed by atoms with E-state index in [0.717, 1.165) is 38.0 Å². The van der Waals surface area contributed by atoms with Crippen LogP contribution in [0.4, 0.5) is 4.39 Å². The first-order chi connectivity index (χ1) is 9.47. The highest BCUT2D eigenvalue weighted by Gasteiger charge is 2.33. The van der Waals surface area contributed by atoms with Crippen LogP contribution in [0.25, 0.3) is 0 Å². The van der Waals surface area contributed by atoms with E-state index in [1.165, 1.54) is 6.07 Å². The first-order valence-electron chi connectivity index (χ1n) is 7.40. The molecule has 1 aliphatic heterocycles. The Morgan fingerprint density at radius 1 is 1.45 bits per heavy atom. The van der Waals surface area contributed by atoms with E-state index in [0.29, 0.717) is 6.04 Å². The number of rotatable bonds is 4. The van der Waals surface area contributed by atoms with E-state index < -0.39 is 0 Å². The normalized spacial score (nSPS) is 27.8. The Kier molecular flexibility index (Phi) is 5.05. The van der Waals surface area contributed by atoms with Gasteiger partial charge < -0.3 is 5.32 Å². The maximum atomic E-state index is 13.2. The molecule has 2 nitrogen and oxygen atoms in total. The number of piperazine rings is 1. The summed E-state index contributed by atoms with van der Waals surface area (Å²) in [6.07, 6.45) is 2.21. The lowest BCUT2D eigenvalue weighted by atomic mass is 9.92. The fourth-order valence-electron chi connectivity index (χ4n) is 2.82. The molecule has 1 N–H and O–H groups in total. The van der Waals surface area contributed by atoms with E-state index in [-0.39, 0.29) is 16.4 Å². The number of nitrogens with zero attached hydrogens (tertiary/aromatic N) is 1. The molecule has 0 aromatic heterocycles. The molecule has 0 amide bonds. The standard InChI is InChI=1S/C16H24ClFN2/c1-4-13-9-19-16(3,5-2)11-20(13)10-12-6-7-15(18)14(17)8-12/h6-8,13,19H,4-5,9-11H2,1-3H3. The molecule has 2 atom stereocenters. The summed E-state index contributed by atoms with van der Waals surface area (Å²) in [6, 6.07) is 5.56. The van der Waals surface area contributed by atoms with Crippen molar-refractivity contribution in [3.63, 3.8) is 0 Å². The van der Waals surface area contributed by atoms with Crippen LogP contribution < -0.4 is 5.32 Å². The third-order valence-electron chi connectivity index (χ3n) is 4.45. The van der Waals surface area contributed by atoms with Gasteiger partial charge in [0.1, 0.15) is 5.82 Å². The van der Waals surface area contributed by atoms with E-state index in [1.54, 1.807) is 6.07 Å². The Morgan fingerprint density at radius 2 is 2.20 bits per heavy atom. The highest BCUT2D eigenvalue weighted by atomic mass is 35.5. The molecule has 0 saturated carbocycles. The Balaban J connectivity index is 2.13. The highest BCUT2D eigenvalue weighted by Crippen LogP contribution is 2.24. The molecule has 0 aliphatic carbocycles. The Morgan fingerprint density at radius 3 is 2.80 bits per heavy atom. The van der Waals surface area contributed by atoms with E-state index in [4.69, 9.17) is 11.6 Å². The Labute approximate surface area is 126 Å². The number of halogens is 2. The summed E-state index contributed by atoms with van der Waals surface area (Å²) in [4.78, 5) is 2.49. The fraction of sp³-hybridized carbons (Fsp3) is 0.625. The Bertz CT molecular complexity index is 466. The van der Waals surface area contributed by atoms with E-state index in [1.807, 2.05) is 6.07 Å². The zero-order chi connectivity index (χ0) is 14.8. The van der Waals surface area contributed by atoms with Gasteiger partial charge in [0.05, 0.1) is 5.02 Å². The second-order valence-corrected chi connectivity index (χ2v) is 6.42. The van der Waals surface area contributed by atoms with Crippen molar-refractivity contribution in [1.82, 2.24) is 10.2 Å². The lowest BCUT2D eigenvalue weighted by Gasteiger charge is -2.46. The van der Waals surface area contributed by atoms with Crippen molar-refractivity contribution in [2.75, 3.05) is 13.1 Å². The third-order valence-corrected chi connectivity index (χ3v) is 4.74. The van der Waals surface area contributed by atoms with Crippen molar-refractivity contribution in [1.29, 1.82) is 0 Å². The quantitative estimate of drug-likeness (QED) is 0.909. The minimum absolute atomic E-state index is 0.162. The van der Waals surface area contributed by atoms with Crippen LogP contribution in [-0.2, 0) is 6.54 Å². The second-order valence-electron chi connectivity index (χ2n) is 6.01. The number of benzene rings is 1. The van der Waals surface area contributed by atoms with Gasteiger partial charge in [0.15, 0.2) is 0 Å². The predicted octanol–water partition coefficient (Wildman–Crippen LogP) is 3.83. The van der Waals surface area contributed by atoms with Crippen molar-refractivity contribution in [2.45, 2.75) is 51.7 Å². The lowest BCUT2D eigenvalue weighted by molar-refractivity contribution is 0.0755. The molecule has 4 heteroatoms. The zero-order valence-corrected chi connectivity index (χ0v) is 13.3. The molecule has 1 aromatic rings. The van der Waals surface area contributed by atoms with Gasteiger partial charge in [0.2, 0.25) is 0 Å². The molecular weight excluding hydrogens is 275 g/mol. The molecule has 1 aliphatic rings. The summed E-state index contributed by atoms with van der Waals surface area (Å²) in [7, 11) is 0. The average Bonchev–Trinajstić information content (AvgIpc) is 2.43. The van der Waals surface area contributed by atoms with Crippen LogP contribution in [0.1, 0.15) is 39.2 Å². The average molecular weight is 299 g/mol. The van der Waals surface area contributed by atoms with Crippen molar-refractivity contribution in [3.8, 4) is 0 Å². The number of nitrogens with one attached hydrogen (secondary N) is 1. The molecular formula is C16H24ClFN2. The van der Waals surface area contributed by atoms with Crippen LogP contribution in [0.3, 0.4) is 0 Å². The van der Waals surface area contributed by atoms with Gasteiger partial charge in [-0.05, 0) is 37.5 Å². The van der Waals surface area contributed by atoms with Gasteiger partial charge in [0, 0.05) is 31.2 Å². The summed E-state index contributed by atoms with van der Waals surface area (Å²) in [6.45, 7) is 9.55. The minimum Gasteiger partial charge on any atom is -0.309 e. The third kappa shape index (κ3) is 3.51. The first kappa shape index (κ1) is 15.7. The van der Waals surface area contributed by atoms with Gasteiger partial charge in [-0.2, -0.15) is 0 Å². The van der Waals surface area contributed by atoms with Crippen molar-refractivity contribution in [2.24, 2.45) is 0 Å². The van der Waals surface area contributed by atoms with E-state index in [2.05, 4.69) is 31.0 Å². The second kappa shape index (κ2) is 6.42. The van der Waals surface area contributed by atoms with Gasteiger partial charge >= 0.3 is 0 Å². The molecule has 0 radical (unpaired) electrons. The SMILES string of the molecule is CCC1CNC(C)(CC)CN1Cc1ccc(F)c(Cl)c1. The molecule has 1 saturated heterocycles. The van der Waals surface area contributed by atoms with Crippen LogP contribution >= 0.6 is 11.6 Å². The van der Waals surface area contributed by atoms with Gasteiger partial charge in [-0.15, -0.1) is 0 Å². The summed E-state index contributed by atoms with van der Waals surface area (Å²) >= 11 is 5.88. The first-order valence-corrected chi connectivity index (χ1v) is 7.78. The smallest absolute Gasteiger partial charge is 0.141 e. The Hall–Kier alpha value is -0.640. The zero-order valence-electron chi connectivity index (χ0n) is 12.5. The van der Waals surface area contributed by atoms with Gasteiger partial charge in [-0.3, -0.25) is 4.90 Å². The maximum absolute atomic E-state index is 13.2. The molecule has 2 unspecified atom stereocenters. The summed E-state index contributed by atoms with van der Waals surface area (Å²) < 4.78 is 13.2. The van der Waals surface area contributed by atoms with E-state index >= 15 is 0 Å². The van der Waals surface area contributed by atoms with Gasteiger partial charge in [-0.25, -0.2) is 4.39 Å². The monoisotopic (exact) mass is 298 g/mol. The molecule has 112 valence electrons. The molecule has 1 heterocycles. The predicted molar refractivity (Wildman–Crippen MR) is 82.6 cm³/mol. The van der Waals surface area contributed by atoms with Crippen LogP contribution in [0.15, 0.2) is 18.2 Å². The fourth-order valence-corrected chi connectivity index (χ4v) is 3.03. The largest absolute Gasteiger partial charge is 0.309 e. The molecule has 20 heavy (non-hydrogen) atoms. The topological polar surface area (TPSA) is 15.3 Å². The highest BCUT2D eigenvalue weighted by molar-refractivity contribution is 6.30. The summed E-state index contributed by atoms with van der Waals surface area (Å²) in [5.74, 6) is -0.346. The summed E-state index contributed by atoms with van der Waals surface area (Å²) in [5.41, 5.74) is 1.24. The van der Waals surface area contributed by atoms with Gasteiger partial charge in [-0.1, -0.05) is 31.5 Å². The maximum Gasteiger partial charge on any atom is 0.141 e. The van der Waals surface area contributed by atoms with Crippen LogP contribution in [0, 0.1) is 5.82 Å².